The van der Waals surface area contributed by atoms with Crippen molar-refractivity contribution < 1.29 is 14.6 Å². The molecule has 0 atom stereocenters. The normalized spacial score (nSPS) is 10.3. The van der Waals surface area contributed by atoms with Crippen molar-refractivity contribution in [3.63, 3.8) is 0 Å². The molecule has 0 spiro atoms. The number of carbonyl (C=O) groups excluding carboxylic acids is 1. The summed E-state index contributed by atoms with van der Waals surface area (Å²) in [5.41, 5.74) is 2.70. The molecule has 0 saturated heterocycles. The lowest BCUT2D eigenvalue weighted by atomic mass is 10.2. The molecule has 0 unspecified atom stereocenters. The molecule has 0 aliphatic heterocycles. The van der Waals surface area contributed by atoms with Crippen LogP contribution in [-0.4, -0.2) is 17.7 Å². The number of rotatable bonds is 5. The van der Waals surface area contributed by atoms with Gasteiger partial charge in [0, 0.05) is 5.57 Å². The Labute approximate surface area is 149 Å². The van der Waals surface area contributed by atoms with Gasteiger partial charge in [-0.05, 0) is 37.1 Å². The van der Waals surface area contributed by atoms with Crippen LogP contribution in [0.5, 0.6) is 5.75 Å². The van der Waals surface area contributed by atoms with Crippen LogP contribution < -0.4 is 0 Å². The van der Waals surface area contributed by atoms with Crippen LogP contribution in [0.1, 0.15) is 25.0 Å². The zero-order valence-electron chi connectivity index (χ0n) is 14.7. The maximum absolute atomic E-state index is 10.4. The number of hydrogen-bond donors (Lipinski definition) is 1. The number of phenolic OH excluding ortho intramolecular Hbond substituents is 1. The maximum atomic E-state index is 10.4. The van der Waals surface area contributed by atoms with E-state index in [4.69, 9.17) is 5.11 Å². The maximum Gasteiger partial charge on any atom is 0.333 e. The summed E-state index contributed by atoms with van der Waals surface area (Å²) in [6.07, 6.45) is 8.04. The van der Waals surface area contributed by atoms with Gasteiger partial charge in [0.2, 0.25) is 0 Å². The SMILES string of the molecule is C=C(C)C(=O)OCC.Oc1ccc(C=CC=Cc2ccccc2)cc1. The number of phenols is 1. The van der Waals surface area contributed by atoms with Crippen LogP contribution in [0.4, 0.5) is 0 Å². The van der Waals surface area contributed by atoms with Gasteiger partial charge in [0.25, 0.3) is 0 Å². The van der Waals surface area contributed by atoms with Gasteiger partial charge in [-0.3, -0.25) is 0 Å². The average Bonchev–Trinajstić information content (AvgIpc) is 2.62. The van der Waals surface area contributed by atoms with Crippen molar-refractivity contribution in [1.82, 2.24) is 0 Å². The van der Waals surface area contributed by atoms with Gasteiger partial charge in [0.15, 0.2) is 0 Å². The van der Waals surface area contributed by atoms with E-state index in [1.54, 1.807) is 26.0 Å². The molecule has 25 heavy (non-hydrogen) atoms. The summed E-state index contributed by atoms with van der Waals surface area (Å²) in [6, 6.07) is 17.3. The smallest absolute Gasteiger partial charge is 0.333 e. The molecule has 0 heterocycles. The number of aromatic hydroxyl groups is 1. The standard InChI is InChI=1S/C16H14O.C6H10O2/c17-16-12-10-15(11-13-16)9-5-4-8-14-6-2-1-3-7-14;1-4-8-6(7)5(2)3/h1-13,17H;2,4H2,1,3H3. The van der Waals surface area contributed by atoms with E-state index in [1.807, 2.05) is 48.6 Å². The fourth-order valence-electron chi connectivity index (χ4n) is 1.74. The molecule has 3 nitrogen and oxygen atoms in total. The van der Waals surface area contributed by atoms with Crippen LogP contribution in [-0.2, 0) is 9.53 Å². The summed E-state index contributed by atoms with van der Waals surface area (Å²) in [4.78, 5) is 10.4. The number of carbonyl (C=O) groups is 1. The van der Waals surface area contributed by atoms with Crippen molar-refractivity contribution in [2.75, 3.05) is 6.61 Å². The van der Waals surface area contributed by atoms with Gasteiger partial charge < -0.3 is 9.84 Å². The van der Waals surface area contributed by atoms with E-state index in [-0.39, 0.29) is 5.97 Å². The lowest BCUT2D eigenvalue weighted by Crippen LogP contribution is -2.03. The Hall–Kier alpha value is -3.07. The molecule has 0 radical (unpaired) electrons. The largest absolute Gasteiger partial charge is 0.508 e. The predicted octanol–water partition coefficient (Wildman–Crippen LogP) is 5.24. The molecule has 3 heteroatoms. The van der Waals surface area contributed by atoms with E-state index >= 15 is 0 Å². The molecule has 0 bridgehead atoms. The van der Waals surface area contributed by atoms with Crippen LogP contribution in [0.2, 0.25) is 0 Å². The topological polar surface area (TPSA) is 46.5 Å². The van der Waals surface area contributed by atoms with E-state index in [1.165, 1.54) is 5.56 Å². The third-order valence-corrected chi connectivity index (χ3v) is 3.01. The fourth-order valence-corrected chi connectivity index (χ4v) is 1.74. The first kappa shape index (κ1) is 20.0. The minimum atomic E-state index is -0.312. The first-order chi connectivity index (χ1) is 12.0. The van der Waals surface area contributed by atoms with Gasteiger partial charge in [0.05, 0.1) is 6.61 Å². The molecule has 0 aliphatic rings. The highest BCUT2D eigenvalue weighted by Crippen LogP contribution is 2.11. The molecule has 0 aliphatic carbocycles. The summed E-state index contributed by atoms with van der Waals surface area (Å²) in [6.45, 7) is 7.21. The Morgan fingerprint density at radius 3 is 1.96 bits per heavy atom. The zero-order chi connectivity index (χ0) is 18.5. The Kier molecular flexibility index (Phi) is 9.16. The molecule has 0 fully saturated rings. The Balaban J connectivity index is 0.000000333. The van der Waals surface area contributed by atoms with Crippen molar-refractivity contribution in [3.05, 3.63) is 90.0 Å². The van der Waals surface area contributed by atoms with Gasteiger partial charge >= 0.3 is 5.97 Å². The second kappa shape index (κ2) is 11.5. The van der Waals surface area contributed by atoms with Crippen molar-refractivity contribution in [1.29, 1.82) is 0 Å². The van der Waals surface area contributed by atoms with Gasteiger partial charge in [-0.15, -0.1) is 0 Å². The minimum Gasteiger partial charge on any atom is -0.508 e. The Morgan fingerprint density at radius 1 is 1.00 bits per heavy atom. The monoisotopic (exact) mass is 336 g/mol. The third kappa shape index (κ3) is 8.96. The highest BCUT2D eigenvalue weighted by Gasteiger charge is 1.98. The molecule has 0 aromatic heterocycles. The number of ether oxygens (including phenoxy) is 1. The molecule has 0 saturated carbocycles. The van der Waals surface area contributed by atoms with Crippen molar-refractivity contribution in [2.45, 2.75) is 13.8 Å². The van der Waals surface area contributed by atoms with Gasteiger partial charge in [-0.1, -0.05) is 73.3 Å². The van der Waals surface area contributed by atoms with E-state index in [2.05, 4.69) is 29.5 Å². The molecule has 130 valence electrons. The molecular weight excluding hydrogens is 312 g/mol. The van der Waals surface area contributed by atoms with E-state index in [0.717, 1.165) is 5.56 Å². The van der Waals surface area contributed by atoms with Crippen LogP contribution in [0.3, 0.4) is 0 Å². The molecule has 0 amide bonds. The van der Waals surface area contributed by atoms with Crippen molar-refractivity contribution >= 4 is 18.1 Å². The summed E-state index contributed by atoms with van der Waals surface area (Å²) >= 11 is 0. The Bertz CT molecular complexity index is 711. The zero-order valence-corrected chi connectivity index (χ0v) is 14.7. The second-order valence-corrected chi connectivity index (χ2v) is 5.22. The van der Waals surface area contributed by atoms with Gasteiger partial charge in [-0.2, -0.15) is 0 Å². The molecule has 2 aromatic carbocycles. The van der Waals surface area contributed by atoms with Crippen molar-refractivity contribution in [3.8, 4) is 5.75 Å². The Morgan fingerprint density at radius 2 is 1.52 bits per heavy atom. The second-order valence-electron chi connectivity index (χ2n) is 5.22. The van der Waals surface area contributed by atoms with Crippen LogP contribution in [0, 0.1) is 0 Å². The molecule has 1 N–H and O–H groups in total. The van der Waals surface area contributed by atoms with Crippen LogP contribution in [0.25, 0.3) is 12.2 Å². The van der Waals surface area contributed by atoms with Gasteiger partial charge in [-0.25, -0.2) is 4.79 Å². The molecule has 2 rings (SSSR count). The van der Waals surface area contributed by atoms with E-state index in [9.17, 15) is 4.79 Å². The summed E-state index contributed by atoms with van der Waals surface area (Å²) in [7, 11) is 0. The number of allylic oxidation sites excluding steroid dienone is 2. The number of benzene rings is 2. The van der Waals surface area contributed by atoms with Crippen LogP contribution >= 0.6 is 0 Å². The summed E-state index contributed by atoms with van der Waals surface area (Å²) in [5, 5.41) is 9.14. The average molecular weight is 336 g/mol. The highest BCUT2D eigenvalue weighted by molar-refractivity contribution is 5.86. The lowest BCUT2D eigenvalue weighted by Gasteiger charge is -1.96. The minimum absolute atomic E-state index is 0.293. The third-order valence-electron chi connectivity index (χ3n) is 3.01. The predicted molar refractivity (Wildman–Crippen MR) is 104 cm³/mol. The number of esters is 1. The van der Waals surface area contributed by atoms with Crippen molar-refractivity contribution in [2.24, 2.45) is 0 Å². The molecule has 2 aromatic rings. The van der Waals surface area contributed by atoms with E-state index in [0.29, 0.717) is 17.9 Å². The quantitative estimate of drug-likeness (QED) is 0.461. The van der Waals surface area contributed by atoms with Crippen LogP contribution in [0.15, 0.2) is 78.9 Å². The fraction of sp³-hybridized carbons (Fsp3) is 0.136. The summed E-state index contributed by atoms with van der Waals surface area (Å²) in [5.74, 6) is -0.0190. The van der Waals surface area contributed by atoms with E-state index < -0.39 is 0 Å². The number of hydrogen-bond acceptors (Lipinski definition) is 3. The van der Waals surface area contributed by atoms with Gasteiger partial charge in [0.1, 0.15) is 5.75 Å². The highest BCUT2D eigenvalue weighted by atomic mass is 16.5. The first-order valence-electron chi connectivity index (χ1n) is 8.04. The lowest BCUT2D eigenvalue weighted by molar-refractivity contribution is -0.138. The molecular formula is C22H24O3. The summed E-state index contributed by atoms with van der Waals surface area (Å²) < 4.78 is 4.56. The first-order valence-corrected chi connectivity index (χ1v) is 8.04.